The zero-order valence-corrected chi connectivity index (χ0v) is 19.9. The Morgan fingerprint density at radius 2 is 1.67 bits per heavy atom. The molecule has 0 aromatic heterocycles. The first-order valence-electron chi connectivity index (χ1n) is 10.6. The van der Waals surface area contributed by atoms with Gasteiger partial charge < -0.3 is 19.5 Å². The smallest absolute Gasteiger partial charge is 0.306 e. The molecule has 0 unspecified atom stereocenters. The summed E-state index contributed by atoms with van der Waals surface area (Å²) < 4.78 is 42.2. The molecule has 9 nitrogen and oxygen atoms in total. The number of nitrogens with one attached hydrogen (secondary N) is 1. The van der Waals surface area contributed by atoms with Crippen molar-refractivity contribution < 1.29 is 32.2 Å². The van der Waals surface area contributed by atoms with Gasteiger partial charge in [0, 0.05) is 25.2 Å². The summed E-state index contributed by atoms with van der Waals surface area (Å²) in [7, 11) is -2.06. The summed E-state index contributed by atoms with van der Waals surface area (Å²) in [4.78, 5) is 24.1. The summed E-state index contributed by atoms with van der Waals surface area (Å²) in [5.41, 5.74) is 0.303. The standard InChI is InChI=1S/C23H30N2O7S/c1-4-25(5-2)33(28,29)21-9-6-8-18(16-21)24-22(26)17-32-23(27)10-7-15-31-20-13-11-19(30-3)12-14-20/h6,8-9,11-14,16H,4-5,7,10,15,17H2,1-3H3,(H,24,26). The van der Waals surface area contributed by atoms with Crippen LogP contribution in [0.15, 0.2) is 53.4 Å². The molecular weight excluding hydrogens is 448 g/mol. The molecule has 1 N–H and O–H groups in total. The molecule has 33 heavy (non-hydrogen) atoms. The quantitative estimate of drug-likeness (QED) is 0.348. The van der Waals surface area contributed by atoms with Gasteiger partial charge in [-0.3, -0.25) is 9.59 Å². The number of amides is 1. The van der Waals surface area contributed by atoms with Gasteiger partial charge in [-0.05, 0) is 48.9 Å². The second-order valence-electron chi connectivity index (χ2n) is 6.95. The maximum Gasteiger partial charge on any atom is 0.306 e. The summed E-state index contributed by atoms with van der Waals surface area (Å²) in [6, 6.07) is 13.0. The molecule has 2 aromatic carbocycles. The van der Waals surface area contributed by atoms with Crippen LogP contribution in [-0.4, -0.2) is 58.0 Å². The number of hydrogen-bond acceptors (Lipinski definition) is 7. The van der Waals surface area contributed by atoms with Crippen molar-refractivity contribution in [2.45, 2.75) is 31.6 Å². The van der Waals surface area contributed by atoms with E-state index in [2.05, 4.69) is 5.32 Å². The fraction of sp³-hybridized carbons (Fsp3) is 0.391. The van der Waals surface area contributed by atoms with E-state index in [1.807, 2.05) is 0 Å². The number of carbonyl (C=O) groups is 2. The number of ether oxygens (including phenoxy) is 3. The number of carbonyl (C=O) groups excluding carboxylic acids is 2. The Morgan fingerprint density at radius 1 is 1.00 bits per heavy atom. The van der Waals surface area contributed by atoms with E-state index in [1.165, 1.54) is 16.4 Å². The molecule has 0 fully saturated rings. The lowest BCUT2D eigenvalue weighted by Gasteiger charge is -2.18. The molecule has 0 aliphatic rings. The molecular formula is C23H30N2O7S. The van der Waals surface area contributed by atoms with E-state index in [9.17, 15) is 18.0 Å². The van der Waals surface area contributed by atoms with Gasteiger partial charge >= 0.3 is 5.97 Å². The first-order chi connectivity index (χ1) is 15.8. The summed E-state index contributed by atoms with van der Waals surface area (Å²) in [6.45, 7) is 4.05. The SMILES string of the molecule is CCN(CC)S(=O)(=O)c1cccc(NC(=O)COC(=O)CCCOc2ccc(OC)cc2)c1. The molecule has 0 aliphatic heterocycles. The Labute approximate surface area is 194 Å². The zero-order chi connectivity index (χ0) is 24.3. The lowest BCUT2D eigenvalue weighted by Crippen LogP contribution is -2.30. The number of sulfonamides is 1. The first-order valence-corrected chi connectivity index (χ1v) is 12.1. The monoisotopic (exact) mass is 478 g/mol. The largest absolute Gasteiger partial charge is 0.497 e. The van der Waals surface area contributed by atoms with E-state index >= 15 is 0 Å². The van der Waals surface area contributed by atoms with Crippen molar-refractivity contribution in [3.63, 3.8) is 0 Å². The lowest BCUT2D eigenvalue weighted by atomic mass is 10.3. The minimum atomic E-state index is -3.64. The number of esters is 1. The summed E-state index contributed by atoms with van der Waals surface area (Å²) in [5.74, 6) is 0.298. The van der Waals surface area contributed by atoms with Crippen LogP contribution in [0.25, 0.3) is 0 Å². The Hall–Kier alpha value is -3.11. The Balaban J connectivity index is 1.75. The maximum absolute atomic E-state index is 12.6. The van der Waals surface area contributed by atoms with Crippen molar-refractivity contribution in [3.8, 4) is 11.5 Å². The van der Waals surface area contributed by atoms with Gasteiger partial charge in [-0.2, -0.15) is 4.31 Å². The number of methoxy groups -OCH3 is 1. The maximum atomic E-state index is 12.6. The highest BCUT2D eigenvalue weighted by Gasteiger charge is 2.22. The van der Waals surface area contributed by atoms with Gasteiger partial charge in [-0.1, -0.05) is 19.9 Å². The van der Waals surface area contributed by atoms with E-state index < -0.39 is 28.5 Å². The normalized spacial score (nSPS) is 11.2. The number of nitrogens with zero attached hydrogens (tertiary/aromatic N) is 1. The van der Waals surface area contributed by atoms with Crippen LogP contribution >= 0.6 is 0 Å². The van der Waals surface area contributed by atoms with Gasteiger partial charge in [-0.15, -0.1) is 0 Å². The van der Waals surface area contributed by atoms with Gasteiger partial charge in [0.1, 0.15) is 11.5 Å². The van der Waals surface area contributed by atoms with Crippen LogP contribution in [0.3, 0.4) is 0 Å². The second kappa shape index (κ2) is 12.8. The van der Waals surface area contributed by atoms with Crippen molar-refractivity contribution in [1.82, 2.24) is 4.31 Å². The van der Waals surface area contributed by atoms with E-state index in [-0.39, 0.29) is 11.3 Å². The third-order valence-electron chi connectivity index (χ3n) is 4.68. The molecule has 0 radical (unpaired) electrons. The highest BCUT2D eigenvalue weighted by atomic mass is 32.2. The lowest BCUT2D eigenvalue weighted by molar-refractivity contribution is -0.147. The fourth-order valence-corrected chi connectivity index (χ4v) is 4.45. The van der Waals surface area contributed by atoms with Crippen LogP contribution in [0.4, 0.5) is 5.69 Å². The number of rotatable bonds is 13. The van der Waals surface area contributed by atoms with E-state index in [1.54, 1.807) is 57.4 Å². The Morgan fingerprint density at radius 3 is 2.30 bits per heavy atom. The first kappa shape index (κ1) is 26.1. The van der Waals surface area contributed by atoms with E-state index in [0.717, 1.165) is 5.75 Å². The third-order valence-corrected chi connectivity index (χ3v) is 6.72. The van der Waals surface area contributed by atoms with Crippen molar-refractivity contribution in [1.29, 1.82) is 0 Å². The van der Waals surface area contributed by atoms with Crippen LogP contribution in [0.5, 0.6) is 11.5 Å². The van der Waals surface area contributed by atoms with Crippen molar-refractivity contribution in [2.75, 3.05) is 38.7 Å². The average molecular weight is 479 g/mol. The van der Waals surface area contributed by atoms with Gasteiger partial charge in [0.25, 0.3) is 5.91 Å². The van der Waals surface area contributed by atoms with Gasteiger partial charge in [0.2, 0.25) is 10.0 Å². The summed E-state index contributed by atoms with van der Waals surface area (Å²) in [6.07, 6.45) is 0.527. The van der Waals surface area contributed by atoms with Gasteiger partial charge in [0.05, 0.1) is 18.6 Å². The van der Waals surface area contributed by atoms with Crippen molar-refractivity contribution in [2.24, 2.45) is 0 Å². The van der Waals surface area contributed by atoms with Crippen LogP contribution in [-0.2, 0) is 24.3 Å². The molecule has 0 saturated carbocycles. The van der Waals surface area contributed by atoms with E-state index in [4.69, 9.17) is 14.2 Å². The minimum Gasteiger partial charge on any atom is -0.497 e. The van der Waals surface area contributed by atoms with Crippen LogP contribution in [0.1, 0.15) is 26.7 Å². The van der Waals surface area contributed by atoms with Crippen molar-refractivity contribution in [3.05, 3.63) is 48.5 Å². The number of hydrogen-bond donors (Lipinski definition) is 1. The van der Waals surface area contributed by atoms with Crippen molar-refractivity contribution >= 4 is 27.6 Å². The molecule has 0 saturated heterocycles. The third kappa shape index (κ3) is 8.07. The molecule has 2 aromatic rings. The molecule has 0 heterocycles. The molecule has 0 aliphatic carbocycles. The molecule has 0 spiro atoms. The van der Waals surface area contributed by atoms with E-state index in [0.29, 0.717) is 37.6 Å². The zero-order valence-electron chi connectivity index (χ0n) is 19.1. The number of benzene rings is 2. The van der Waals surface area contributed by atoms with Crippen LogP contribution in [0.2, 0.25) is 0 Å². The van der Waals surface area contributed by atoms with Crippen LogP contribution in [0, 0.1) is 0 Å². The molecule has 2 rings (SSSR count). The highest BCUT2D eigenvalue weighted by molar-refractivity contribution is 7.89. The molecule has 180 valence electrons. The Kier molecular flexibility index (Phi) is 10.1. The summed E-state index contributed by atoms with van der Waals surface area (Å²) in [5, 5.41) is 2.55. The number of anilines is 1. The molecule has 10 heteroatoms. The minimum absolute atomic E-state index is 0.0813. The highest BCUT2D eigenvalue weighted by Crippen LogP contribution is 2.20. The Bertz CT molecular complexity index is 1020. The molecule has 0 atom stereocenters. The topological polar surface area (TPSA) is 111 Å². The predicted octanol–water partition coefficient (Wildman–Crippen LogP) is 3.07. The van der Waals surface area contributed by atoms with Gasteiger partial charge in [0.15, 0.2) is 6.61 Å². The fourth-order valence-electron chi connectivity index (χ4n) is 2.94. The average Bonchev–Trinajstić information content (AvgIpc) is 2.81. The van der Waals surface area contributed by atoms with Gasteiger partial charge in [-0.25, -0.2) is 8.42 Å². The van der Waals surface area contributed by atoms with Crippen LogP contribution < -0.4 is 14.8 Å². The predicted molar refractivity (Wildman–Crippen MR) is 124 cm³/mol. The molecule has 0 bridgehead atoms. The second-order valence-corrected chi connectivity index (χ2v) is 8.89. The summed E-state index contributed by atoms with van der Waals surface area (Å²) >= 11 is 0. The molecule has 1 amide bonds.